The van der Waals surface area contributed by atoms with Crippen molar-refractivity contribution in [1.82, 2.24) is 0 Å². The van der Waals surface area contributed by atoms with Gasteiger partial charge in [-0.1, -0.05) is 220 Å². The molecule has 0 rings (SSSR count). The van der Waals surface area contributed by atoms with Crippen LogP contribution in [0.4, 0.5) is 0 Å². The predicted molar refractivity (Wildman–Crippen MR) is 224 cm³/mol. The van der Waals surface area contributed by atoms with Crippen LogP contribution in [0.3, 0.4) is 0 Å². The predicted octanol–water partition coefficient (Wildman–Crippen LogP) is 14.7. The van der Waals surface area contributed by atoms with Crippen molar-refractivity contribution in [2.45, 2.75) is 265 Å². The van der Waals surface area contributed by atoms with Crippen molar-refractivity contribution in [2.75, 3.05) is 13.2 Å². The SMILES string of the molecule is CCCCCCCCCCCCCCCCC(=O)OC[C@H](COC(=O)CCCCCCCCCCCCCC)OC(=O)CCCCCCCCC(C)C. The van der Waals surface area contributed by atoms with E-state index in [4.69, 9.17) is 14.2 Å². The number of hydrogen-bond donors (Lipinski definition) is 0. The molecule has 0 aromatic rings. The molecule has 0 aliphatic rings. The Kier molecular flexibility index (Phi) is 40.3. The molecule has 0 fully saturated rings. The van der Waals surface area contributed by atoms with Crippen molar-refractivity contribution in [1.29, 1.82) is 0 Å². The van der Waals surface area contributed by atoms with Crippen molar-refractivity contribution in [3.63, 3.8) is 0 Å². The Balaban J connectivity index is 4.28. The lowest BCUT2D eigenvalue weighted by molar-refractivity contribution is -0.167. The van der Waals surface area contributed by atoms with E-state index >= 15 is 0 Å². The topological polar surface area (TPSA) is 78.9 Å². The van der Waals surface area contributed by atoms with Gasteiger partial charge >= 0.3 is 17.9 Å². The zero-order valence-electron chi connectivity index (χ0n) is 36.0. The van der Waals surface area contributed by atoms with E-state index in [-0.39, 0.29) is 31.1 Å². The van der Waals surface area contributed by atoms with Crippen LogP contribution in [0.25, 0.3) is 0 Å². The largest absolute Gasteiger partial charge is 0.462 e. The van der Waals surface area contributed by atoms with Gasteiger partial charge in [-0.3, -0.25) is 14.4 Å². The molecule has 0 N–H and O–H groups in total. The van der Waals surface area contributed by atoms with Crippen LogP contribution in [0.2, 0.25) is 0 Å². The van der Waals surface area contributed by atoms with Gasteiger partial charge < -0.3 is 14.2 Å². The van der Waals surface area contributed by atoms with Crippen molar-refractivity contribution in [3.05, 3.63) is 0 Å². The zero-order valence-corrected chi connectivity index (χ0v) is 36.0. The zero-order chi connectivity index (χ0) is 38.9. The van der Waals surface area contributed by atoms with Gasteiger partial charge in [-0.25, -0.2) is 0 Å². The van der Waals surface area contributed by atoms with Gasteiger partial charge in [0.15, 0.2) is 6.10 Å². The molecule has 0 radical (unpaired) electrons. The summed E-state index contributed by atoms with van der Waals surface area (Å²) in [6.07, 6.45) is 41.0. The molecule has 0 saturated heterocycles. The Bertz CT molecular complexity index is 796. The van der Waals surface area contributed by atoms with Crippen molar-refractivity contribution in [3.8, 4) is 0 Å². The van der Waals surface area contributed by atoms with E-state index in [9.17, 15) is 14.4 Å². The van der Waals surface area contributed by atoms with Gasteiger partial charge in [-0.2, -0.15) is 0 Å². The summed E-state index contributed by atoms with van der Waals surface area (Å²) >= 11 is 0. The van der Waals surface area contributed by atoms with Crippen LogP contribution in [-0.2, 0) is 28.6 Å². The summed E-state index contributed by atoms with van der Waals surface area (Å²) in [5, 5.41) is 0. The van der Waals surface area contributed by atoms with Crippen LogP contribution < -0.4 is 0 Å². The van der Waals surface area contributed by atoms with Gasteiger partial charge in [-0.05, 0) is 25.2 Å². The number of esters is 3. The Hall–Kier alpha value is -1.59. The maximum Gasteiger partial charge on any atom is 0.306 e. The first-order valence-electron chi connectivity index (χ1n) is 23.4. The summed E-state index contributed by atoms with van der Waals surface area (Å²) in [6, 6.07) is 0. The second kappa shape index (κ2) is 41.6. The molecule has 0 unspecified atom stereocenters. The molecule has 0 heterocycles. The van der Waals surface area contributed by atoms with Crippen LogP contribution >= 0.6 is 0 Å². The van der Waals surface area contributed by atoms with Crippen molar-refractivity contribution >= 4 is 17.9 Å². The van der Waals surface area contributed by atoms with Gasteiger partial charge in [-0.15, -0.1) is 0 Å². The minimum Gasteiger partial charge on any atom is -0.462 e. The summed E-state index contributed by atoms with van der Waals surface area (Å²) in [7, 11) is 0. The van der Waals surface area contributed by atoms with Crippen molar-refractivity contribution < 1.29 is 28.6 Å². The molecule has 0 aromatic heterocycles. The summed E-state index contributed by atoms with van der Waals surface area (Å²) in [5.74, 6) is -0.0980. The third-order valence-electron chi connectivity index (χ3n) is 10.5. The minimum atomic E-state index is -0.759. The van der Waals surface area contributed by atoms with E-state index in [1.54, 1.807) is 0 Å². The molecular weight excluding hydrogens is 661 g/mol. The normalized spacial score (nSPS) is 11.9. The molecule has 6 heteroatoms. The number of hydrogen-bond acceptors (Lipinski definition) is 6. The van der Waals surface area contributed by atoms with Gasteiger partial charge in [0.25, 0.3) is 0 Å². The number of rotatable bonds is 42. The molecule has 53 heavy (non-hydrogen) atoms. The van der Waals surface area contributed by atoms with E-state index in [1.165, 1.54) is 154 Å². The number of carbonyl (C=O) groups is 3. The summed E-state index contributed by atoms with van der Waals surface area (Å²) in [6.45, 7) is 8.93. The maximum atomic E-state index is 12.7. The van der Waals surface area contributed by atoms with Crippen LogP contribution in [0, 0.1) is 5.92 Å². The van der Waals surface area contributed by atoms with Crippen LogP contribution in [0.5, 0.6) is 0 Å². The third kappa shape index (κ3) is 41.4. The molecule has 0 amide bonds. The van der Waals surface area contributed by atoms with E-state index in [2.05, 4.69) is 27.7 Å². The van der Waals surface area contributed by atoms with E-state index < -0.39 is 6.10 Å². The number of unbranched alkanes of at least 4 members (excludes halogenated alkanes) is 29. The highest BCUT2D eigenvalue weighted by molar-refractivity contribution is 5.71. The first kappa shape index (κ1) is 51.4. The molecule has 314 valence electrons. The smallest absolute Gasteiger partial charge is 0.306 e. The van der Waals surface area contributed by atoms with E-state index in [0.717, 1.165) is 63.7 Å². The monoisotopic (exact) mass is 751 g/mol. The van der Waals surface area contributed by atoms with Crippen molar-refractivity contribution in [2.24, 2.45) is 5.92 Å². The maximum absolute atomic E-state index is 12.7. The molecule has 6 nitrogen and oxygen atoms in total. The highest BCUT2D eigenvalue weighted by atomic mass is 16.6. The number of ether oxygens (including phenoxy) is 3. The molecule has 0 aliphatic heterocycles. The lowest BCUT2D eigenvalue weighted by Gasteiger charge is -2.18. The Morgan fingerprint density at radius 1 is 0.358 bits per heavy atom. The minimum absolute atomic E-state index is 0.0646. The fourth-order valence-corrected chi connectivity index (χ4v) is 6.98. The molecule has 0 spiro atoms. The molecule has 0 saturated carbocycles. The lowest BCUT2D eigenvalue weighted by Crippen LogP contribution is -2.30. The highest BCUT2D eigenvalue weighted by Gasteiger charge is 2.19. The van der Waals surface area contributed by atoms with Gasteiger partial charge in [0.2, 0.25) is 0 Å². The highest BCUT2D eigenvalue weighted by Crippen LogP contribution is 2.16. The summed E-state index contributed by atoms with van der Waals surface area (Å²) in [4.78, 5) is 37.7. The second-order valence-corrected chi connectivity index (χ2v) is 16.5. The standard InChI is InChI=1S/C47H90O6/c1-5-7-9-11-13-15-17-19-20-22-24-26-31-35-39-46(49)52-42-44(53-47(50)40-36-32-28-27-29-33-37-43(3)4)41-51-45(48)38-34-30-25-23-21-18-16-14-12-10-8-6-2/h43-44H,5-42H2,1-4H3/t44-/m0/s1. The Morgan fingerprint density at radius 2 is 0.623 bits per heavy atom. The average molecular weight is 751 g/mol. The lowest BCUT2D eigenvalue weighted by atomic mass is 10.0. The first-order chi connectivity index (χ1) is 25.9. The Morgan fingerprint density at radius 3 is 0.925 bits per heavy atom. The fourth-order valence-electron chi connectivity index (χ4n) is 6.98. The number of carbonyl (C=O) groups excluding carboxylic acids is 3. The molecule has 0 aliphatic carbocycles. The quantitative estimate of drug-likeness (QED) is 0.0351. The van der Waals surface area contributed by atoms with Gasteiger partial charge in [0.1, 0.15) is 13.2 Å². The summed E-state index contributed by atoms with van der Waals surface area (Å²) in [5.41, 5.74) is 0. The van der Waals surface area contributed by atoms with Crippen LogP contribution in [0.1, 0.15) is 259 Å². The van der Waals surface area contributed by atoms with Crippen LogP contribution in [0.15, 0.2) is 0 Å². The van der Waals surface area contributed by atoms with E-state index in [0.29, 0.717) is 19.3 Å². The first-order valence-corrected chi connectivity index (χ1v) is 23.4. The van der Waals surface area contributed by atoms with Crippen LogP contribution in [-0.4, -0.2) is 37.2 Å². The van der Waals surface area contributed by atoms with Gasteiger partial charge in [0, 0.05) is 19.3 Å². The van der Waals surface area contributed by atoms with Gasteiger partial charge in [0.05, 0.1) is 0 Å². The molecule has 1 atom stereocenters. The average Bonchev–Trinajstić information content (AvgIpc) is 3.14. The second-order valence-electron chi connectivity index (χ2n) is 16.5. The van der Waals surface area contributed by atoms with E-state index in [1.807, 2.05) is 0 Å². The fraction of sp³-hybridized carbons (Fsp3) is 0.936. The molecular formula is C47H90O6. The molecule has 0 bridgehead atoms. The third-order valence-corrected chi connectivity index (χ3v) is 10.5. The molecule has 0 aromatic carbocycles. The summed E-state index contributed by atoms with van der Waals surface area (Å²) < 4.78 is 16.7. The Labute approximate surface area is 329 Å².